The van der Waals surface area contributed by atoms with Crippen molar-refractivity contribution >= 4 is 34.5 Å². The molecule has 0 amide bonds. The Morgan fingerprint density at radius 3 is 2.78 bits per heavy atom. The molecule has 4 heteroatoms. The molecule has 0 saturated heterocycles. The molecule has 2 aromatic carbocycles. The monoisotopic (exact) mass is 376 g/mol. The summed E-state index contributed by atoms with van der Waals surface area (Å²) in [5.74, 6) is 2.04. The lowest BCUT2D eigenvalue weighted by Gasteiger charge is -2.26. The van der Waals surface area contributed by atoms with Crippen LogP contribution in [-0.2, 0) is 5.75 Å². The summed E-state index contributed by atoms with van der Waals surface area (Å²) in [6.07, 6.45) is 6.49. The first-order chi connectivity index (χ1) is 13.3. The number of carbonyl (C=O) groups is 1. The van der Waals surface area contributed by atoms with Crippen LogP contribution in [0.3, 0.4) is 0 Å². The second-order valence-electron chi connectivity index (χ2n) is 6.90. The molecule has 0 radical (unpaired) electrons. The molecule has 1 aliphatic heterocycles. The van der Waals surface area contributed by atoms with E-state index >= 15 is 0 Å². The van der Waals surface area contributed by atoms with E-state index in [4.69, 9.17) is 0 Å². The van der Waals surface area contributed by atoms with Crippen LogP contribution in [0.2, 0.25) is 0 Å². The maximum atomic E-state index is 11.3. The summed E-state index contributed by atoms with van der Waals surface area (Å²) in [6, 6.07) is 16.5. The van der Waals surface area contributed by atoms with E-state index in [1.165, 1.54) is 16.7 Å². The number of aromatic amines is 1. The van der Waals surface area contributed by atoms with E-state index in [1.54, 1.807) is 0 Å². The number of nitrogens with one attached hydrogen (secondary N) is 1. The topological polar surface area (TPSA) is 36.1 Å². The lowest BCUT2D eigenvalue weighted by Crippen LogP contribution is -2.30. The summed E-state index contributed by atoms with van der Waals surface area (Å²) >= 11 is 1.94. The fourth-order valence-electron chi connectivity index (χ4n) is 3.70. The standard InChI is InChI=1S/C23H24N2OS/c26-16-20-7-4-8-22-23(20)21(15-24-22)17-27-14-13-25-11-9-19(10-12-25)18-5-2-1-3-6-18/h1-9,15-16,24H,10-14,17H2. The van der Waals surface area contributed by atoms with Gasteiger partial charge < -0.3 is 4.98 Å². The van der Waals surface area contributed by atoms with Gasteiger partial charge in [-0.2, -0.15) is 11.8 Å². The zero-order valence-corrected chi connectivity index (χ0v) is 16.2. The van der Waals surface area contributed by atoms with Gasteiger partial charge in [-0.15, -0.1) is 0 Å². The maximum Gasteiger partial charge on any atom is 0.150 e. The third-order valence-corrected chi connectivity index (χ3v) is 6.18. The number of aldehydes is 1. The van der Waals surface area contributed by atoms with Gasteiger partial charge in [0.05, 0.1) is 0 Å². The first kappa shape index (κ1) is 18.1. The van der Waals surface area contributed by atoms with E-state index in [-0.39, 0.29) is 0 Å². The van der Waals surface area contributed by atoms with Crippen LogP contribution in [0.4, 0.5) is 0 Å². The van der Waals surface area contributed by atoms with E-state index < -0.39 is 0 Å². The molecule has 4 rings (SSSR count). The lowest BCUT2D eigenvalue weighted by atomic mass is 10.00. The van der Waals surface area contributed by atoms with Crippen LogP contribution in [0.5, 0.6) is 0 Å². The zero-order chi connectivity index (χ0) is 18.5. The Balaban J connectivity index is 1.28. The number of rotatable bonds is 7. The fraction of sp³-hybridized carbons (Fsp3) is 0.261. The number of carbonyl (C=O) groups excluding carboxylic acids is 1. The lowest BCUT2D eigenvalue weighted by molar-refractivity contribution is 0.112. The third-order valence-electron chi connectivity index (χ3n) is 5.19. The predicted molar refractivity (Wildman–Crippen MR) is 115 cm³/mol. The SMILES string of the molecule is O=Cc1cccc2[nH]cc(CSCCN3CC=C(c4ccccc4)CC3)c12. The van der Waals surface area contributed by atoms with Crippen molar-refractivity contribution in [2.45, 2.75) is 12.2 Å². The Morgan fingerprint density at radius 2 is 2.00 bits per heavy atom. The minimum atomic E-state index is 0.777. The number of hydrogen-bond acceptors (Lipinski definition) is 3. The summed E-state index contributed by atoms with van der Waals surface area (Å²) < 4.78 is 0. The largest absolute Gasteiger partial charge is 0.361 e. The van der Waals surface area contributed by atoms with Crippen molar-refractivity contribution < 1.29 is 4.79 Å². The van der Waals surface area contributed by atoms with Gasteiger partial charge in [0.1, 0.15) is 0 Å². The van der Waals surface area contributed by atoms with Gasteiger partial charge in [0.2, 0.25) is 0 Å². The number of fused-ring (bicyclic) bond motifs is 1. The summed E-state index contributed by atoms with van der Waals surface area (Å²) in [7, 11) is 0. The molecule has 0 bridgehead atoms. The fourth-order valence-corrected chi connectivity index (χ4v) is 4.68. The number of nitrogens with zero attached hydrogens (tertiary/aromatic N) is 1. The summed E-state index contributed by atoms with van der Waals surface area (Å²) in [6.45, 7) is 3.27. The number of aromatic nitrogens is 1. The van der Waals surface area contributed by atoms with Gasteiger partial charge in [0.15, 0.2) is 6.29 Å². The van der Waals surface area contributed by atoms with Crippen LogP contribution in [-0.4, -0.2) is 41.6 Å². The normalized spacial score (nSPS) is 15.0. The van der Waals surface area contributed by atoms with Gasteiger partial charge in [-0.05, 0) is 29.2 Å². The smallest absolute Gasteiger partial charge is 0.150 e. The van der Waals surface area contributed by atoms with Crippen molar-refractivity contribution in [3.8, 4) is 0 Å². The number of thioether (sulfide) groups is 1. The molecule has 0 atom stereocenters. The summed E-state index contributed by atoms with van der Waals surface area (Å²) in [5.41, 5.74) is 5.88. The third kappa shape index (κ3) is 4.18. The Labute approximate surface area is 164 Å². The van der Waals surface area contributed by atoms with Gasteiger partial charge in [0, 0.05) is 53.8 Å². The van der Waals surface area contributed by atoms with Crippen LogP contribution in [0.15, 0.2) is 60.8 Å². The molecule has 27 heavy (non-hydrogen) atoms. The Kier molecular flexibility index (Phi) is 5.75. The molecule has 0 spiro atoms. The van der Waals surface area contributed by atoms with E-state index in [0.717, 1.165) is 60.3 Å². The second-order valence-corrected chi connectivity index (χ2v) is 8.01. The minimum absolute atomic E-state index is 0.777. The number of H-pyrrole nitrogens is 1. The van der Waals surface area contributed by atoms with Gasteiger partial charge in [-0.25, -0.2) is 0 Å². The van der Waals surface area contributed by atoms with Gasteiger partial charge in [0.25, 0.3) is 0 Å². The minimum Gasteiger partial charge on any atom is -0.361 e. The number of benzene rings is 2. The highest BCUT2D eigenvalue weighted by Crippen LogP contribution is 2.26. The molecule has 1 aliphatic rings. The van der Waals surface area contributed by atoms with Crippen molar-refractivity contribution in [1.29, 1.82) is 0 Å². The van der Waals surface area contributed by atoms with Crippen molar-refractivity contribution in [3.63, 3.8) is 0 Å². The van der Waals surface area contributed by atoms with Crippen LogP contribution in [0.1, 0.15) is 27.9 Å². The molecular weight excluding hydrogens is 352 g/mol. The Hall–Kier alpha value is -2.30. The zero-order valence-electron chi connectivity index (χ0n) is 15.4. The molecule has 1 aromatic heterocycles. The average Bonchev–Trinajstić information content (AvgIpc) is 3.15. The number of hydrogen-bond donors (Lipinski definition) is 1. The van der Waals surface area contributed by atoms with Crippen LogP contribution in [0.25, 0.3) is 16.5 Å². The maximum absolute atomic E-state index is 11.3. The molecule has 138 valence electrons. The van der Waals surface area contributed by atoms with Crippen molar-refractivity contribution in [3.05, 3.63) is 77.5 Å². The quantitative estimate of drug-likeness (QED) is 0.465. The van der Waals surface area contributed by atoms with Crippen LogP contribution < -0.4 is 0 Å². The molecular formula is C23H24N2OS. The van der Waals surface area contributed by atoms with E-state index in [1.807, 2.05) is 36.2 Å². The van der Waals surface area contributed by atoms with E-state index in [0.29, 0.717) is 0 Å². The molecule has 0 fully saturated rings. The van der Waals surface area contributed by atoms with E-state index in [9.17, 15) is 4.79 Å². The first-order valence-electron chi connectivity index (χ1n) is 9.44. The average molecular weight is 377 g/mol. The molecule has 1 N–H and O–H groups in total. The highest BCUT2D eigenvalue weighted by Gasteiger charge is 2.13. The summed E-state index contributed by atoms with van der Waals surface area (Å²) in [5, 5.41) is 1.08. The molecule has 3 nitrogen and oxygen atoms in total. The molecule has 0 unspecified atom stereocenters. The molecule has 3 aromatic rings. The van der Waals surface area contributed by atoms with Crippen LogP contribution >= 0.6 is 11.8 Å². The van der Waals surface area contributed by atoms with Crippen molar-refractivity contribution in [2.75, 3.05) is 25.4 Å². The molecule has 0 saturated carbocycles. The van der Waals surface area contributed by atoms with Crippen molar-refractivity contribution in [2.24, 2.45) is 0 Å². The predicted octanol–water partition coefficient (Wildman–Crippen LogP) is 5.00. The van der Waals surface area contributed by atoms with Crippen molar-refractivity contribution in [1.82, 2.24) is 9.88 Å². The highest BCUT2D eigenvalue weighted by molar-refractivity contribution is 7.98. The summed E-state index contributed by atoms with van der Waals surface area (Å²) in [4.78, 5) is 17.1. The van der Waals surface area contributed by atoms with E-state index in [2.05, 4.69) is 46.3 Å². The second kappa shape index (κ2) is 8.59. The highest BCUT2D eigenvalue weighted by atomic mass is 32.2. The van der Waals surface area contributed by atoms with Gasteiger partial charge >= 0.3 is 0 Å². The molecule has 0 aliphatic carbocycles. The molecule has 2 heterocycles. The van der Waals surface area contributed by atoms with Crippen LogP contribution in [0, 0.1) is 0 Å². The van der Waals surface area contributed by atoms with Gasteiger partial charge in [-0.1, -0.05) is 48.5 Å². The Morgan fingerprint density at radius 1 is 1.11 bits per heavy atom. The Bertz CT molecular complexity index is 945. The van der Waals surface area contributed by atoms with Gasteiger partial charge in [-0.3, -0.25) is 9.69 Å². The first-order valence-corrected chi connectivity index (χ1v) is 10.6.